The second-order valence-electron chi connectivity index (χ2n) is 5.02. The van der Waals surface area contributed by atoms with Crippen molar-refractivity contribution in [2.24, 2.45) is 0 Å². The zero-order valence-corrected chi connectivity index (χ0v) is 13.1. The Labute approximate surface area is 137 Å². The van der Waals surface area contributed by atoms with Gasteiger partial charge >= 0.3 is 6.18 Å². The van der Waals surface area contributed by atoms with Gasteiger partial charge in [0, 0.05) is 0 Å². The number of amides is 1. The van der Waals surface area contributed by atoms with Crippen molar-refractivity contribution < 1.29 is 22.8 Å². The van der Waals surface area contributed by atoms with Crippen LogP contribution in [0.4, 0.5) is 13.2 Å². The van der Waals surface area contributed by atoms with Crippen molar-refractivity contribution >= 4 is 5.91 Å². The van der Waals surface area contributed by atoms with Crippen molar-refractivity contribution in [1.29, 1.82) is 0 Å². The quantitative estimate of drug-likeness (QED) is 0.756. The molecule has 0 unspecified atom stereocenters. The third-order valence-corrected chi connectivity index (χ3v) is 3.16. The van der Waals surface area contributed by atoms with Gasteiger partial charge in [0.05, 0.1) is 25.3 Å². The molecule has 128 valence electrons. The molecule has 1 aromatic heterocycles. The van der Waals surface area contributed by atoms with Gasteiger partial charge in [0.15, 0.2) is 0 Å². The number of carbonyl (C=O) groups excluding carboxylic acids is 1. The van der Waals surface area contributed by atoms with Gasteiger partial charge in [-0.3, -0.25) is 9.63 Å². The maximum atomic E-state index is 12.7. The summed E-state index contributed by atoms with van der Waals surface area (Å²) >= 11 is 0. The number of aromatic nitrogens is 1. The fourth-order valence-electron chi connectivity index (χ4n) is 2.09. The van der Waals surface area contributed by atoms with E-state index in [4.69, 9.17) is 4.84 Å². The van der Waals surface area contributed by atoms with Crippen LogP contribution in [-0.2, 0) is 28.8 Å². The van der Waals surface area contributed by atoms with E-state index >= 15 is 0 Å². The topological polar surface area (TPSA) is 42.4 Å². The van der Waals surface area contributed by atoms with Crippen LogP contribution in [0, 0.1) is 0 Å². The molecule has 0 fully saturated rings. The van der Waals surface area contributed by atoms with Gasteiger partial charge in [-0.25, -0.2) is 10.0 Å². The molecular weight excluding hydrogens is 321 g/mol. The van der Waals surface area contributed by atoms with Crippen molar-refractivity contribution in [3.05, 3.63) is 65.5 Å². The average Bonchev–Trinajstić information content (AvgIpc) is 2.55. The molecule has 0 atom stereocenters. The van der Waals surface area contributed by atoms with Crippen LogP contribution in [0.1, 0.15) is 23.9 Å². The number of hydrogen-bond acceptors (Lipinski definition) is 3. The average molecular weight is 338 g/mol. The summed E-state index contributed by atoms with van der Waals surface area (Å²) in [5.74, 6) is -0.451. The molecule has 0 N–H and O–H groups in total. The van der Waals surface area contributed by atoms with Gasteiger partial charge in [-0.1, -0.05) is 36.4 Å². The molecule has 0 spiro atoms. The zero-order chi connectivity index (χ0) is 17.6. The Hall–Kier alpha value is -2.41. The molecule has 0 saturated heterocycles. The standard InChI is InChI=1S/C17H17F3N2O2/c1-2-24-22(12-13-7-4-3-5-8-13)16(23)11-14-9-6-10-15(21-14)17(18,19)20/h3-10H,2,11-12H2,1H3. The molecule has 2 aromatic rings. The highest BCUT2D eigenvalue weighted by Crippen LogP contribution is 2.27. The number of rotatable bonds is 6. The van der Waals surface area contributed by atoms with Gasteiger partial charge in [0.2, 0.25) is 0 Å². The molecule has 0 saturated carbocycles. The fraction of sp³-hybridized carbons (Fsp3) is 0.294. The lowest BCUT2D eigenvalue weighted by molar-refractivity contribution is -0.188. The van der Waals surface area contributed by atoms with E-state index < -0.39 is 17.8 Å². The molecule has 2 rings (SSSR count). The number of halogens is 3. The second-order valence-corrected chi connectivity index (χ2v) is 5.02. The first-order valence-corrected chi connectivity index (χ1v) is 7.40. The molecular formula is C17H17F3N2O2. The SMILES string of the molecule is CCON(Cc1ccccc1)C(=O)Cc1cccc(C(F)(F)F)n1. The summed E-state index contributed by atoms with van der Waals surface area (Å²) in [4.78, 5) is 21.2. The van der Waals surface area contributed by atoms with Crippen molar-refractivity contribution in [2.75, 3.05) is 6.61 Å². The normalized spacial score (nSPS) is 11.3. The zero-order valence-electron chi connectivity index (χ0n) is 13.1. The number of nitrogens with zero attached hydrogens (tertiary/aromatic N) is 2. The third kappa shape index (κ3) is 5.06. The molecule has 0 bridgehead atoms. The van der Waals surface area contributed by atoms with Crippen LogP contribution in [0.25, 0.3) is 0 Å². The lowest BCUT2D eigenvalue weighted by Gasteiger charge is -2.21. The Morgan fingerprint density at radius 1 is 1.12 bits per heavy atom. The van der Waals surface area contributed by atoms with E-state index in [1.807, 2.05) is 30.3 Å². The maximum Gasteiger partial charge on any atom is 0.433 e. The second kappa shape index (κ2) is 7.92. The van der Waals surface area contributed by atoms with E-state index in [1.54, 1.807) is 6.92 Å². The molecule has 0 aliphatic carbocycles. The molecule has 1 amide bonds. The van der Waals surface area contributed by atoms with Gasteiger partial charge in [-0.05, 0) is 24.6 Å². The first-order chi connectivity index (χ1) is 11.4. The molecule has 1 heterocycles. The van der Waals surface area contributed by atoms with Crippen molar-refractivity contribution in [3.8, 4) is 0 Å². The van der Waals surface area contributed by atoms with Gasteiger partial charge < -0.3 is 0 Å². The van der Waals surface area contributed by atoms with Crippen molar-refractivity contribution in [3.63, 3.8) is 0 Å². The minimum Gasteiger partial charge on any atom is -0.272 e. The summed E-state index contributed by atoms with van der Waals surface area (Å²) in [7, 11) is 0. The van der Waals surface area contributed by atoms with Crippen LogP contribution in [0.15, 0.2) is 48.5 Å². The first kappa shape index (κ1) is 17.9. The number of alkyl halides is 3. The van der Waals surface area contributed by atoms with Crippen LogP contribution in [0.3, 0.4) is 0 Å². The van der Waals surface area contributed by atoms with E-state index in [-0.39, 0.29) is 25.3 Å². The molecule has 1 aromatic carbocycles. The van der Waals surface area contributed by atoms with E-state index in [0.717, 1.165) is 16.7 Å². The Morgan fingerprint density at radius 2 is 1.83 bits per heavy atom. The predicted molar refractivity (Wildman–Crippen MR) is 81.6 cm³/mol. The number of hydrogen-bond donors (Lipinski definition) is 0. The minimum atomic E-state index is -4.54. The lowest BCUT2D eigenvalue weighted by atomic mass is 10.2. The summed E-state index contributed by atoms with van der Waals surface area (Å²) in [6.07, 6.45) is -4.81. The van der Waals surface area contributed by atoms with Gasteiger partial charge in [0.1, 0.15) is 5.69 Å². The van der Waals surface area contributed by atoms with Gasteiger partial charge in [-0.2, -0.15) is 13.2 Å². The van der Waals surface area contributed by atoms with Gasteiger partial charge in [0.25, 0.3) is 5.91 Å². The molecule has 0 aliphatic heterocycles. The highest BCUT2D eigenvalue weighted by atomic mass is 19.4. The largest absolute Gasteiger partial charge is 0.433 e. The van der Waals surface area contributed by atoms with E-state index in [2.05, 4.69) is 4.98 Å². The Balaban J connectivity index is 2.10. The Morgan fingerprint density at radius 3 is 2.46 bits per heavy atom. The molecule has 24 heavy (non-hydrogen) atoms. The number of pyridine rings is 1. The smallest absolute Gasteiger partial charge is 0.272 e. The highest BCUT2D eigenvalue weighted by Gasteiger charge is 2.32. The minimum absolute atomic E-state index is 0.0487. The van der Waals surface area contributed by atoms with Crippen LogP contribution in [0.2, 0.25) is 0 Å². The monoisotopic (exact) mass is 338 g/mol. The predicted octanol–water partition coefficient (Wildman–Crippen LogP) is 3.62. The van der Waals surface area contributed by atoms with Gasteiger partial charge in [-0.15, -0.1) is 0 Å². The summed E-state index contributed by atoms with van der Waals surface area (Å²) in [5.41, 5.74) is -0.109. The van der Waals surface area contributed by atoms with E-state index in [1.165, 1.54) is 12.1 Å². The molecule has 0 aliphatic rings. The summed E-state index contributed by atoms with van der Waals surface area (Å²) in [6, 6.07) is 12.7. The Bertz CT molecular complexity index is 675. The van der Waals surface area contributed by atoms with E-state index in [9.17, 15) is 18.0 Å². The molecule has 0 radical (unpaired) electrons. The summed E-state index contributed by atoms with van der Waals surface area (Å²) in [5, 5.41) is 1.15. The molecule has 4 nitrogen and oxygen atoms in total. The Kier molecular flexibility index (Phi) is 5.92. The van der Waals surface area contributed by atoms with E-state index in [0.29, 0.717) is 0 Å². The number of carbonyl (C=O) groups is 1. The fourth-order valence-corrected chi connectivity index (χ4v) is 2.09. The van der Waals surface area contributed by atoms with Crippen LogP contribution in [-0.4, -0.2) is 22.6 Å². The maximum absolute atomic E-state index is 12.7. The third-order valence-electron chi connectivity index (χ3n) is 3.16. The van der Waals surface area contributed by atoms with Crippen LogP contribution >= 0.6 is 0 Å². The van der Waals surface area contributed by atoms with Crippen molar-refractivity contribution in [1.82, 2.24) is 10.0 Å². The summed E-state index contributed by atoms with van der Waals surface area (Å²) in [6.45, 7) is 2.22. The number of hydroxylamine groups is 2. The first-order valence-electron chi connectivity index (χ1n) is 7.40. The van der Waals surface area contributed by atoms with Crippen LogP contribution in [0.5, 0.6) is 0 Å². The summed E-state index contributed by atoms with van der Waals surface area (Å²) < 4.78 is 38.1. The van der Waals surface area contributed by atoms with Crippen LogP contribution < -0.4 is 0 Å². The molecule has 7 heteroatoms. The number of benzene rings is 1. The van der Waals surface area contributed by atoms with Crippen molar-refractivity contribution in [2.45, 2.75) is 26.1 Å². The lowest BCUT2D eigenvalue weighted by Crippen LogP contribution is -2.32. The highest BCUT2D eigenvalue weighted by molar-refractivity contribution is 5.77.